The Morgan fingerprint density at radius 3 is 2.82 bits per heavy atom. The van der Waals surface area contributed by atoms with Crippen molar-refractivity contribution in [1.29, 1.82) is 5.26 Å². The topological polar surface area (TPSA) is 33.0 Å². The number of methoxy groups -OCH3 is 1. The minimum atomic E-state index is 0.716. The van der Waals surface area contributed by atoms with Gasteiger partial charge in [0.1, 0.15) is 5.75 Å². The van der Waals surface area contributed by atoms with Crippen molar-refractivity contribution in [2.75, 3.05) is 7.11 Å². The molecule has 0 aliphatic heterocycles. The summed E-state index contributed by atoms with van der Waals surface area (Å²) in [5, 5.41) is 9.70. The molecule has 0 amide bonds. The summed E-state index contributed by atoms with van der Waals surface area (Å²) in [7, 11) is 1.69. The van der Waals surface area contributed by atoms with Crippen LogP contribution in [-0.2, 0) is 5.75 Å². The predicted octanol–water partition coefficient (Wildman–Crippen LogP) is 3.74. The third kappa shape index (κ3) is 3.17. The summed E-state index contributed by atoms with van der Waals surface area (Å²) in [6, 6.07) is 7.83. The summed E-state index contributed by atoms with van der Waals surface area (Å²) < 4.78 is 5.34. The van der Waals surface area contributed by atoms with Gasteiger partial charge in [-0.1, -0.05) is 12.8 Å². The van der Waals surface area contributed by atoms with Crippen molar-refractivity contribution in [2.45, 2.75) is 36.7 Å². The molecule has 1 aromatic carbocycles. The average molecular weight is 247 g/mol. The molecule has 0 saturated heterocycles. The molecule has 0 radical (unpaired) electrons. The van der Waals surface area contributed by atoms with Gasteiger partial charge in [0.2, 0.25) is 0 Å². The monoisotopic (exact) mass is 247 g/mol. The lowest BCUT2D eigenvalue weighted by atomic mass is 10.1. The molecular weight excluding hydrogens is 230 g/mol. The van der Waals surface area contributed by atoms with Gasteiger partial charge in [-0.25, -0.2) is 0 Å². The van der Waals surface area contributed by atoms with E-state index in [2.05, 4.69) is 6.07 Å². The minimum absolute atomic E-state index is 0.716. The van der Waals surface area contributed by atoms with E-state index in [4.69, 9.17) is 10.00 Å². The van der Waals surface area contributed by atoms with Crippen LogP contribution in [0.3, 0.4) is 0 Å². The lowest BCUT2D eigenvalue weighted by molar-refractivity contribution is 0.411. The lowest BCUT2D eigenvalue weighted by Crippen LogP contribution is -1.97. The molecule has 2 nitrogen and oxygen atoms in total. The summed E-state index contributed by atoms with van der Waals surface area (Å²) in [5.74, 6) is 1.85. The van der Waals surface area contributed by atoms with Crippen LogP contribution >= 0.6 is 11.8 Å². The first-order valence-corrected chi connectivity index (χ1v) is 7.07. The Kier molecular flexibility index (Phi) is 4.33. The first kappa shape index (κ1) is 12.3. The number of hydrogen-bond donors (Lipinski definition) is 0. The van der Waals surface area contributed by atoms with Crippen molar-refractivity contribution >= 4 is 11.8 Å². The molecule has 1 fully saturated rings. The van der Waals surface area contributed by atoms with E-state index in [1.165, 1.54) is 25.7 Å². The van der Waals surface area contributed by atoms with E-state index in [0.717, 1.165) is 22.3 Å². The van der Waals surface area contributed by atoms with Crippen molar-refractivity contribution in [1.82, 2.24) is 0 Å². The standard InChI is InChI=1S/C14H17NOS/c1-16-14-7-6-11(9-15)8-12(14)10-17-13-4-2-3-5-13/h6-8,13H,2-5,10H2,1H3. The van der Waals surface area contributed by atoms with Crippen LogP contribution in [-0.4, -0.2) is 12.4 Å². The first-order valence-electron chi connectivity index (χ1n) is 6.02. The van der Waals surface area contributed by atoms with E-state index < -0.39 is 0 Å². The predicted molar refractivity (Wildman–Crippen MR) is 71.3 cm³/mol. The van der Waals surface area contributed by atoms with Gasteiger partial charge in [0.05, 0.1) is 18.7 Å². The fraction of sp³-hybridized carbons (Fsp3) is 0.500. The van der Waals surface area contributed by atoms with E-state index in [9.17, 15) is 0 Å². The van der Waals surface area contributed by atoms with Crippen LogP contribution in [0, 0.1) is 11.3 Å². The quantitative estimate of drug-likeness (QED) is 0.812. The van der Waals surface area contributed by atoms with Gasteiger partial charge in [-0.15, -0.1) is 0 Å². The molecular formula is C14H17NOS. The van der Waals surface area contributed by atoms with Crippen molar-refractivity contribution in [2.24, 2.45) is 0 Å². The molecule has 0 heterocycles. The van der Waals surface area contributed by atoms with E-state index in [0.29, 0.717) is 5.56 Å². The Hall–Kier alpha value is -1.14. The highest BCUT2D eigenvalue weighted by molar-refractivity contribution is 7.99. The molecule has 90 valence electrons. The Labute approximate surface area is 107 Å². The Morgan fingerprint density at radius 2 is 2.18 bits per heavy atom. The van der Waals surface area contributed by atoms with Gasteiger partial charge in [0.15, 0.2) is 0 Å². The van der Waals surface area contributed by atoms with E-state index >= 15 is 0 Å². The van der Waals surface area contributed by atoms with Crippen molar-refractivity contribution in [3.63, 3.8) is 0 Å². The summed E-state index contributed by atoms with van der Waals surface area (Å²) in [6.07, 6.45) is 5.41. The lowest BCUT2D eigenvalue weighted by Gasteiger charge is -2.11. The van der Waals surface area contributed by atoms with Gasteiger partial charge in [-0.05, 0) is 31.0 Å². The molecule has 1 saturated carbocycles. The highest BCUT2D eigenvalue weighted by Crippen LogP contribution is 2.33. The molecule has 0 atom stereocenters. The van der Waals surface area contributed by atoms with Gasteiger partial charge in [-0.3, -0.25) is 0 Å². The Balaban J connectivity index is 2.04. The second kappa shape index (κ2) is 5.97. The number of benzene rings is 1. The summed E-state index contributed by atoms with van der Waals surface area (Å²) in [6.45, 7) is 0. The number of nitrogens with zero attached hydrogens (tertiary/aromatic N) is 1. The van der Waals surface area contributed by atoms with Crippen molar-refractivity contribution in [3.8, 4) is 11.8 Å². The number of ether oxygens (including phenoxy) is 1. The van der Waals surface area contributed by atoms with Crippen LogP contribution in [0.5, 0.6) is 5.75 Å². The summed E-state index contributed by atoms with van der Waals surface area (Å²) in [5.41, 5.74) is 1.86. The minimum Gasteiger partial charge on any atom is -0.496 e. The molecule has 0 unspecified atom stereocenters. The normalized spacial score (nSPS) is 15.8. The zero-order valence-corrected chi connectivity index (χ0v) is 10.9. The zero-order valence-electron chi connectivity index (χ0n) is 10.1. The molecule has 1 aliphatic rings. The molecule has 0 spiro atoms. The molecule has 3 heteroatoms. The van der Waals surface area contributed by atoms with Gasteiger partial charge in [0.25, 0.3) is 0 Å². The van der Waals surface area contributed by atoms with E-state index in [1.54, 1.807) is 7.11 Å². The van der Waals surface area contributed by atoms with Crippen LogP contribution in [0.4, 0.5) is 0 Å². The van der Waals surface area contributed by atoms with Gasteiger partial charge < -0.3 is 4.74 Å². The second-order valence-corrected chi connectivity index (χ2v) is 5.64. The average Bonchev–Trinajstić information content (AvgIpc) is 2.89. The maximum absolute atomic E-state index is 8.91. The first-order chi connectivity index (χ1) is 8.33. The fourth-order valence-corrected chi connectivity index (χ4v) is 3.53. The third-order valence-corrected chi connectivity index (χ3v) is 4.61. The molecule has 0 N–H and O–H groups in total. The maximum Gasteiger partial charge on any atom is 0.122 e. The SMILES string of the molecule is COc1ccc(C#N)cc1CSC1CCCC1. The largest absolute Gasteiger partial charge is 0.496 e. The summed E-state index contributed by atoms with van der Waals surface area (Å²) in [4.78, 5) is 0. The Bertz CT molecular complexity index is 419. The molecule has 0 bridgehead atoms. The van der Waals surface area contributed by atoms with Gasteiger partial charge >= 0.3 is 0 Å². The molecule has 1 aliphatic carbocycles. The van der Waals surface area contributed by atoms with E-state index in [1.807, 2.05) is 30.0 Å². The molecule has 1 aromatic rings. The van der Waals surface area contributed by atoms with Crippen LogP contribution in [0.2, 0.25) is 0 Å². The number of hydrogen-bond acceptors (Lipinski definition) is 3. The van der Waals surface area contributed by atoms with Gasteiger partial charge in [0, 0.05) is 16.6 Å². The van der Waals surface area contributed by atoms with Crippen molar-refractivity contribution < 1.29 is 4.74 Å². The number of nitriles is 1. The van der Waals surface area contributed by atoms with E-state index in [-0.39, 0.29) is 0 Å². The summed E-state index contributed by atoms with van der Waals surface area (Å²) >= 11 is 2.00. The highest BCUT2D eigenvalue weighted by Gasteiger charge is 2.16. The second-order valence-electron chi connectivity index (χ2n) is 4.36. The van der Waals surface area contributed by atoms with Crippen LogP contribution < -0.4 is 4.74 Å². The van der Waals surface area contributed by atoms with Crippen molar-refractivity contribution in [3.05, 3.63) is 29.3 Å². The third-order valence-electron chi connectivity index (χ3n) is 3.19. The highest BCUT2D eigenvalue weighted by atomic mass is 32.2. The van der Waals surface area contributed by atoms with Crippen LogP contribution in [0.25, 0.3) is 0 Å². The smallest absolute Gasteiger partial charge is 0.122 e. The molecule has 2 rings (SSSR count). The molecule has 0 aromatic heterocycles. The van der Waals surface area contributed by atoms with Crippen LogP contribution in [0.15, 0.2) is 18.2 Å². The zero-order chi connectivity index (χ0) is 12.1. The fourth-order valence-electron chi connectivity index (χ4n) is 2.22. The maximum atomic E-state index is 8.91. The Morgan fingerprint density at radius 1 is 1.41 bits per heavy atom. The number of thioether (sulfide) groups is 1. The van der Waals surface area contributed by atoms with Gasteiger partial charge in [-0.2, -0.15) is 17.0 Å². The van der Waals surface area contributed by atoms with Crippen LogP contribution in [0.1, 0.15) is 36.8 Å². The number of rotatable bonds is 4. The molecule has 17 heavy (non-hydrogen) atoms.